The van der Waals surface area contributed by atoms with Crippen LogP contribution >= 0.6 is 0 Å². The van der Waals surface area contributed by atoms with Gasteiger partial charge in [0, 0.05) is 43.3 Å². The van der Waals surface area contributed by atoms with Gasteiger partial charge in [0.2, 0.25) is 0 Å². The van der Waals surface area contributed by atoms with Crippen LogP contribution in [0.1, 0.15) is 5.56 Å². The van der Waals surface area contributed by atoms with Crippen LogP contribution in [0.4, 0.5) is 4.39 Å². The van der Waals surface area contributed by atoms with Gasteiger partial charge < -0.3 is 14.6 Å². The average molecular weight is 327 g/mol. The molecule has 0 fully saturated rings. The lowest BCUT2D eigenvalue weighted by molar-refractivity contribution is 0.403. The van der Waals surface area contributed by atoms with Crippen molar-refractivity contribution in [3.63, 3.8) is 0 Å². The summed E-state index contributed by atoms with van der Waals surface area (Å²) in [5.74, 6) is 0.116. The molecule has 3 rings (SSSR count). The van der Waals surface area contributed by atoms with E-state index in [1.807, 2.05) is 0 Å². The normalized spacial score (nSPS) is 11.0. The monoisotopic (exact) mass is 327 g/mol. The van der Waals surface area contributed by atoms with Crippen LogP contribution < -0.4 is 15.6 Å². The summed E-state index contributed by atoms with van der Waals surface area (Å²) in [6.45, 7) is 0.368. The highest BCUT2D eigenvalue weighted by atomic mass is 19.1. The van der Waals surface area contributed by atoms with Crippen LogP contribution in [0.5, 0.6) is 5.75 Å². The van der Waals surface area contributed by atoms with Gasteiger partial charge >= 0.3 is 0 Å². The maximum Gasteiger partial charge on any atom is 0.259 e. The predicted octanol–water partition coefficient (Wildman–Crippen LogP) is 2.47. The molecule has 0 aliphatic carbocycles. The Kier molecular flexibility index (Phi) is 4.31. The number of hydrogen-bond acceptors (Lipinski definition) is 4. The van der Waals surface area contributed by atoms with Crippen LogP contribution in [0, 0.1) is 5.82 Å². The number of aryl methyl sites for hydroxylation is 1. The maximum atomic E-state index is 14.5. The number of halogens is 1. The van der Waals surface area contributed by atoms with Crippen molar-refractivity contribution >= 4 is 10.8 Å². The Bertz CT molecular complexity index is 966. The number of ether oxygens (including phenoxy) is 1. The molecule has 0 aliphatic rings. The van der Waals surface area contributed by atoms with Gasteiger partial charge in [-0.15, -0.1) is 0 Å². The zero-order valence-corrected chi connectivity index (χ0v) is 13.8. The van der Waals surface area contributed by atoms with Gasteiger partial charge in [0.05, 0.1) is 12.5 Å². The first kappa shape index (κ1) is 16.1. The zero-order chi connectivity index (χ0) is 17.3. The first-order chi connectivity index (χ1) is 11.6. The summed E-state index contributed by atoms with van der Waals surface area (Å²) in [7, 11) is 4.93. The molecule has 0 aliphatic heterocycles. The molecule has 6 heteroatoms. The van der Waals surface area contributed by atoms with Crippen molar-refractivity contribution in [1.29, 1.82) is 0 Å². The van der Waals surface area contributed by atoms with Crippen molar-refractivity contribution in [3.8, 4) is 16.9 Å². The Labute approximate surface area is 138 Å². The van der Waals surface area contributed by atoms with E-state index in [1.165, 1.54) is 23.9 Å². The molecule has 2 heterocycles. The van der Waals surface area contributed by atoms with Gasteiger partial charge in [-0.25, -0.2) is 4.39 Å². The average Bonchev–Trinajstić information content (AvgIpc) is 2.59. The first-order valence-electron chi connectivity index (χ1n) is 7.51. The lowest BCUT2D eigenvalue weighted by Gasteiger charge is -2.14. The number of hydrogen-bond donors (Lipinski definition) is 1. The Morgan fingerprint density at radius 2 is 2.12 bits per heavy atom. The molecule has 5 nitrogen and oxygen atoms in total. The summed E-state index contributed by atoms with van der Waals surface area (Å²) in [6, 6.07) is 5.02. The van der Waals surface area contributed by atoms with E-state index < -0.39 is 0 Å². The summed E-state index contributed by atoms with van der Waals surface area (Å²) in [5.41, 5.74) is 1.74. The molecule has 0 spiro atoms. The van der Waals surface area contributed by atoms with Crippen LogP contribution in [-0.4, -0.2) is 23.7 Å². The van der Waals surface area contributed by atoms with E-state index in [2.05, 4.69) is 10.3 Å². The Hall–Kier alpha value is -2.73. The smallest absolute Gasteiger partial charge is 0.259 e. The molecular formula is C18H18FN3O2. The molecule has 2 aromatic heterocycles. The van der Waals surface area contributed by atoms with Crippen LogP contribution in [0.25, 0.3) is 21.9 Å². The number of fused-ring (bicyclic) bond motifs is 1. The SMILES string of the molecule is CNCc1c(F)cc(-c2cn(C)c(=O)c3cnccc23)cc1OC. The van der Waals surface area contributed by atoms with E-state index in [0.717, 1.165) is 10.9 Å². The minimum Gasteiger partial charge on any atom is -0.496 e. The van der Waals surface area contributed by atoms with Gasteiger partial charge in [0.25, 0.3) is 5.56 Å². The van der Waals surface area contributed by atoms with Crippen molar-refractivity contribution < 1.29 is 9.13 Å². The number of benzene rings is 1. The van der Waals surface area contributed by atoms with Gasteiger partial charge in [-0.2, -0.15) is 0 Å². The minimum absolute atomic E-state index is 0.138. The zero-order valence-electron chi connectivity index (χ0n) is 13.8. The summed E-state index contributed by atoms with van der Waals surface area (Å²) in [4.78, 5) is 16.3. The third-order valence-corrected chi connectivity index (χ3v) is 4.02. The van der Waals surface area contributed by atoms with E-state index in [9.17, 15) is 9.18 Å². The highest BCUT2D eigenvalue weighted by Gasteiger charge is 2.15. The van der Waals surface area contributed by atoms with Crippen molar-refractivity contribution in [2.45, 2.75) is 6.54 Å². The molecular weight excluding hydrogens is 309 g/mol. The summed E-state index contributed by atoms with van der Waals surface area (Å²) < 4.78 is 21.4. The fourth-order valence-electron chi connectivity index (χ4n) is 2.84. The quantitative estimate of drug-likeness (QED) is 0.800. The van der Waals surface area contributed by atoms with Crippen LogP contribution in [0.15, 0.2) is 41.6 Å². The summed E-state index contributed by atoms with van der Waals surface area (Å²) in [5, 5.41) is 4.16. The Morgan fingerprint density at radius 1 is 1.33 bits per heavy atom. The van der Waals surface area contributed by atoms with Crippen LogP contribution in [0.3, 0.4) is 0 Å². The van der Waals surface area contributed by atoms with E-state index in [4.69, 9.17) is 4.74 Å². The lowest BCUT2D eigenvalue weighted by atomic mass is 9.99. The maximum absolute atomic E-state index is 14.5. The van der Waals surface area contributed by atoms with E-state index >= 15 is 0 Å². The fraction of sp³-hybridized carbons (Fsp3) is 0.222. The molecule has 0 saturated carbocycles. The molecule has 1 N–H and O–H groups in total. The van der Waals surface area contributed by atoms with Gasteiger partial charge in [-0.3, -0.25) is 9.78 Å². The molecule has 0 atom stereocenters. The predicted molar refractivity (Wildman–Crippen MR) is 91.7 cm³/mol. The van der Waals surface area contributed by atoms with Crippen LogP contribution in [0.2, 0.25) is 0 Å². The summed E-state index contributed by atoms with van der Waals surface area (Å²) >= 11 is 0. The third-order valence-electron chi connectivity index (χ3n) is 4.02. The van der Waals surface area contributed by atoms with Gasteiger partial charge in [0.1, 0.15) is 11.6 Å². The summed E-state index contributed by atoms with van der Waals surface area (Å²) in [6.07, 6.45) is 4.86. The number of aromatic nitrogens is 2. The third kappa shape index (κ3) is 2.65. The topological polar surface area (TPSA) is 56.2 Å². The van der Waals surface area contributed by atoms with E-state index in [-0.39, 0.29) is 11.4 Å². The molecule has 24 heavy (non-hydrogen) atoms. The number of rotatable bonds is 4. The van der Waals surface area contributed by atoms with Crippen LogP contribution in [-0.2, 0) is 13.6 Å². The molecule has 0 amide bonds. The molecule has 0 radical (unpaired) electrons. The van der Waals surface area contributed by atoms with Crippen molar-refractivity contribution in [2.24, 2.45) is 7.05 Å². The molecule has 0 unspecified atom stereocenters. The Morgan fingerprint density at radius 3 is 2.83 bits per heavy atom. The van der Waals surface area contributed by atoms with Gasteiger partial charge in [-0.1, -0.05) is 0 Å². The number of pyridine rings is 2. The second-order valence-corrected chi connectivity index (χ2v) is 5.55. The molecule has 3 aromatic rings. The number of nitrogens with one attached hydrogen (secondary N) is 1. The van der Waals surface area contributed by atoms with Gasteiger partial charge in [0.15, 0.2) is 0 Å². The standard InChI is InChI=1S/C18H18FN3O2/c1-20-8-14-16(19)6-11(7-17(14)24-3)15-10-22(2)18(23)13-9-21-5-4-12(13)15/h4-7,9-10,20H,8H2,1-3H3. The van der Waals surface area contributed by atoms with Crippen molar-refractivity contribution in [3.05, 3.63) is 58.5 Å². The molecule has 1 aromatic carbocycles. The fourth-order valence-corrected chi connectivity index (χ4v) is 2.84. The second-order valence-electron chi connectivity index (χ2n) is 5.55. The lowest BCUT2D eigenvalue weighted by Crippen LogP contribution is -2.16. The van der Waals surface area contributed by atoms with Crippen molar-refractivity contribution in [1.82, 2.24) is 14.9 Å². The largest absolute Gasteiger partial charge is 0.496 e. The first-order valence-corrected chi connectivity index (χ1v) is 7.51. The molecule has 0 saturated heterocycles. The number of nitrogens with zero attached hydrogens (tertiary/aromatic N) is 2. The van der Waals surface area contributed by atoms with E-state index in [1.54, 1.807) is 38.6 Å². The number of methoxy groups -OCH3 is 1. The van der Waals surface area contributed by atoms with Gasteiger partial charge in [-0.05, 0) is 36.2 Å². The Balaban J connectivity index is 2.31. The molecule has 0 bridgehead atoms. The van der Waals surface area contributed by atoms with E-state index in [0.29, 0.717) is 28.8 Å². The highest BCUT2D eigenvalue weighted by Crippen LogP contribution is 2.32. The minimum atomic E-state index is -0.352. The highest BCUT2D eigenvalue weighted by molar-refractivity contribution is 5.95. The second kappa shape index (κ2) is 6.41. The van der Waals surface area contributed by atoms with Crippen molar-refractivity contribution in [2.75, 3.05) is 14.2 Å². The molecule has 124 valence electrons.